The third kappa shape index (κ3) is 4.92. The normalized spacial score (nSPS) is 15.4. The van der Waals surface area contributed by atoms with Gasteiger partial charge in [0.1, 0.15) is 0 Å². The number of ether oxygens (including phenoxy) is 1. The lowest BCUT2D eigenvalue weighted by Crippen LogP contribution is -2.41. The number of hydrogen-bond donors (Lipinski definition) is 1. The van der Waals surface area contributed by atoms with E-state index in [-0.39, 0.29) is 24.0 Å². The number of para-hydroxylation sites is 2. The number of amides is 1. The van der Waals surface area contributed by atoms with Gasteiger partial charge in [0.05, 0.1) is 4.92 Å². The average molecular weight is 321 g/mol. The molecule has 1 aliphatic heterocycles. The zero-order valence-electron chi connectivity index (χ0n) is 13.4. The molecule has 1 aliphatic rings. The Bertz CT molecular complexity index is 542. The third-order valence-corrected chi connectivity index (χ3v) is 4.18. The molecule has 0 radical (unpaired) electrons. The van der Waals surface area contributed by atoms with Crippen LogP contribution >= 0.6 is 0 Å². The molecule has 0 saturated carbocycles. The van der Waals surface area contributed by atoms with Gasteiger partial charge in [0.2, 0.25) is 0 Å². The average Bonchev–Trinajstić information content (AvgIpc) is 2.58. The van der Waals surface area contributed by atoms with Crippen molar-refractivity contribution in [3.63, 3.8) is 0 Å². The quantitative estimate of drug-likeness (QED) is 0.611. The van der Waals surface area contributed by atoms with Crippen LogP contribution in [0.15, 0.2) is 24.3 Å². The van der Waals surface area contributed by atoms with Crippen LogP contribution < -0.4 is 10.1 Å². The number of carbonyl (C=O) groups is 1. The Morgan fingerprint density at radius 3 is 2.74 bits per heavy atom. The van der Waals surface area contributed by atoms with Gasteiger partial charge in [-0.1, -0.05) is 12.1 Å². The van der Waals surface area contributed by atoms with Gasteiger partial charge in [0.25, 0.3) is 5.91 Å². The molecule has 1 heterocycles. The van der Waals surface area contributed by atoms with E-state index in [2.05, 4.69) is 5.32 Å². The second-order valence-electron chi connectivity index (χ2n) is 5.73. The van der Waals surface area contributed by atoms with Gasteiger partial charge in [-0.25, -0.2) is 0 Å². The number of piperidine rings is 1. The molecule has 0 unspecified atom stereocenters. The summed E-state index contributed by atoms with van der Waals surface area (Å²) in [6, 6.07) is 6.10. The second-order valence-corrected chi connectivity index (χ2v) is 5.73. The van der Waals surface area contributed by atoms with Gasteiger partial charge >= 0.3 is 5.69 Å². The molecule has 0 spiro atoms. The molecular formula is C16H23N3O4. The van der Waals surface area contributed by atoms with Gasteiger partial charge in [0, 0.05) is 19.2 Å². The predicted octanol–water partition coefficient (Wildman–Crippen LogP) is 1.82. The monoisotopic (exact) mass is 321 g/mol. The minimum Gasteiger partial charge on any atom is -0.477 e. The highest BCUT2D eigenvalue weighted by atomic mass is 16.6. The first-order valence-electron chi connectivity index (χ1n) is 7.90. The number of likely N-dealkylation sites (tertiary alicyclic amines) is 1. The maximum atomic E-state index is 12.2. The predicted molar refractivity (Wildman–Crippen MR) is 86.4 cm³/mol. The van der Waals surface area contributed by atoms with E-state index in [9.17, 15) is 14.9 Å². The first-order chi connectivity index (χ1) is 11.1. The van der Waals surface area contributed by atoms with Gasteiger partial charge in [0.15, 0.2) is 12.4 Å². The molecule has 1 N–H and O–H groups in total. The Morgan fingerprint density at radius 1 is 1.39 bits per heavy atom. The van der Waals surface area contributed by atoms with Crippen LogP contribution in [0.5, 0.6) is 5.75 Å². The Balaban J connectivity index is 1.81. The highest BCUT2D eigenvalue weighted by molar-refractivity contribution is 5.78. The Morgan fingerprint density at radius 2 is 2.09 bits per heavy atom. The number of nitro benzene ring substituents is 1. The number of nitrogens with zero attached hydrogens (tertiary/aromatic N) is 2. The van der Waals surface area contributed by atoms with Crippen LogP contribution in [-0.4, -0.2) is 49.0 Å². The van der Waals surface area contributed by atoms with Crippen molar-refractivity contribution in [3.8, 4) is 5.75 Å². The largest absolute Gasteiger partial charge is 0.477 e. The molecule has 0 atom stereocenters. The topological polar surface area (TPSA) is 84.7 Å². The van der Waals surface area contributed by atoms with Gasteiger partial charge in [-0.15, -0.1) is 0 Å². The van der Waals surface area contributed by atoms with E-state index in [1.807, 2.05) is 7.05 Å². The summed E-state index contributed by atoms with van der Waals surface area (Å²) in [5.74, 6) is 0.674. The van der Waals surface area contributed by atoms with Crippen molar-refractivity contribution in [3.05, 3.63) is 34.4 Å². The Hall–Kier alpha value is -2.15. The van der Waals surface area contributed by atoms with Crippen LogP contribution in [0.2, 0.25) is 0 Å². The van der Waals surface area contributed by atoms with E-state index in [1.165, 1.54) is 12.1 Å². The highest BCUT2D eigenvalue weighted by Crippen LogP contribution is 2.26. The maximum Gasteiger partial charge on any atom is 0.310 e. The van der Waals surface area contributed by atoms with E-state index in [4.69, 9.17) is 4.74 Å². The summed E-state index contributed by atoms with van der Waals surface area (Å²) in [7, 11) is 1.94. The molecule has 0 bridgehead atoms. The molecule has 1 saturated heterocycles. The molecule has 126 valence electrons. The zero-order chi connectivity index (χ0) is 16.7. The van der Waals surface area contributed by atoms with Crippen molar-refractivity contribution < 1.29 is 14.5 Å². The Labute approximate surface area is 135 Å². The summed E-state index contributed by atoms with van der Waals surface area (Å²) >= 11 is 0. The van der Waals surface area contributed by atoms with E-state index >= 15 is 0 Å². The number of benzene rings is 1. The Kier molecular flexibility index (Phi) is 6.34. The van der Waals surface area contributed by atoms with Gasteiger partial charge in [-0.3, -0.25) is 14.9 Å². The minimum atomic E-state index is -0.507. The lowest BCUT2D eigenvalue weighted by atomic mass is 9.93. The molecule has 0 aromatic heterocycles. The smallest absolute Gasteiger partial charge is 0.310 e. The summed E-state index contributed by atoms with van der Waals surface area (Å²) < 4.78 is 5.36. The summed E-state index contributed by atoms with van der Waals surface area (Å²) in [6.45, 7) is 2.30. The number of nitrogens with one attached hydrogen (secondary N) is 1. The van der Waals surface area contributed by atoms with E-state index < -0.39 is 4.92 Å². The van der Waals surface area contributed by atoms with Crippen molar-refractivity contribution >= 4 is 11.6 Å². The fourth-order valence-electron chi connectivity index (χ4n) is 2.78. The molecule has 1 aromatic carbocycles. The van der Waals surface area contributed by atoms with E-state index in [0.717, 1.165) is 38.9 Å². The third-order valence-electron chi connectivity index (χ3n) is 4.18. The summed E-state index contributed by atoms with van der Waals surface area (Å²) in [6.07, 6.45) is 3.13. The molecule has 0 aliphatic carbocycles. The number of rotatable bonds is 7. The molecule has 1 fully saturated rings. The minimum absolute atomic E-state index is 0.116. The number of hydrogen-bond acceptors (Lipinski definition) is 5. The van der Waals surface area contributed by atoms with E-state index in [1.54, 1.807) is 17.0 Å². The van der Waals surface area contributed by atoms with Gasteiger partial charge in [-0.2, -0.15) is 0 Å². The van der Waals surface area contributed by atoms with Crippen molar-refractivity contribution in [1.29, 1.82) is 0 Å². The van der Waals surface area contributed by atoms with Crippen LogP contribution in [0.3, 0.4) is 0 Å². The van der Waals surface area contributed by atoms with Gasteiger partial charge in [-0.05, 0) is 44.8 Å². The molecule has 1 aromatic rings. The van der Waals surface area contributed by atoms with Crippen molar-refractivity contribution in [1.82, 2.24) is 10.2 Å². The lowest BCUT2D eigenvalue weighted by Gasteiger charge is -2.32. The first-order valence-corrected chi connectivity index (χ1v) is 7.90. The summed E-state index contributed by atoms with van der Waals surface area (Å²) in [4.78, 5) is 24.4. The molecule has 1 amide bonds. The van der Waals surface area contributed by atoms with Crippen LogP contribution in [0, 0.1) is 16.0 Å². The standard InChI is InChI=1S/C16H23N3O4/c1-17-9-6-13-7-10-18(11-8-13)16(20)12-23-15-5-3-2-4-14(15)19(21)22/h2-5,13,17H,6-12H2,1H3. The first kappa shape index (κ1) is 17.2. The molecule has 23 heavy (non-hydrogen) atoms. The van der Waals surface area contributed by atoms with Crippen LogP contribution in [0.1, 0.15) is 19.3 Å². The van der Waals surface area contributed by atoms with Crippen LogP contribution in [0.25, 0.3) is 0 Å². The number of nitro groups is 1. The fraction of sp³-hybridized carbons (Fsp3) is 0.562. The molecule has 2 rings (SSSR count). The second kappa shape index (κ2) is 8.47. The SMILES string of the molecule is CNCCC1CCN(C(=O)COc2ccccc2[N+](=O)[O-])CC1. The number of carbonyl (C=O) groups excluding carboxylic acids is 1. The fourth-order valence-corrected chi connectivity index (χ4v) is 2.78. The summed E-state index contributed by atoms with van der Waals surface area (Å²) in [5.41, 5.74) is -0.119. The van der Waals surface area contributed by atoms with Crippen LogP contribution in [0.4, 0.5) is 5.69 Å². The van der Waals surface area contributed by atoms with Crippen molar-refractivity contribution in [2.24, 2.45) is 5.92 Å². The molecular weight excluding hydrogens is 298 g/mol. The highest BCUT2D eigenvalue weighted by Gasteiger charge is 2.23. The molecule has 7 nitrogen and oxygen atoms in total. The molecule has 7 heteroatoms. The van der Waals surface area contributed by atoms with Gasteiger partial charge < -0.3 is 15.0 Å². The lowest BCUT2D eigenvalue weighted by molar-refractivity contribution is -0.385. The van der Waals surface area contributed by atoms with Crippen LogP contribution in [-0.2, 0) is 4.79 Å². The zero-order valence-corrected chi connectivity index (χ0v) is 13.4. The van der Waals surface area contributed by atoms with E-state index in [0.29, 0.717) is 5.92 Å². The van der Waals surface area contributed by atoms with Crippen molar-refractivity contribution in [2.75, 3.05) is 33.3 Å². The van der Waals surface area contributed by atoms with Crippen molar-refractivity contribution in [2.45, 2.75) is 19.3 Å². The summed E-state index contributed by atoms with van der Waals surface area (Å²) in [5, 5.41) is 14.1. The maximum absolute atomic E-state index is 12.2.